The molecular weight excluding hydrogens is 368 g/mol. The number of amides is 1. The first kappa shape index (κ1) is 19.2. The summed E-state index contributed by atoms with van der Waals surface area (Å²) in [5, 5.41) is 25.6. The summed E-state index contributed by atoms with van der Waals surface area (Å²) in [7, 11) is 4.04. The number of nitrogens with zero attached hydrogens (tertiary/aromatic N) is 4. The number of carbonyl (C=O) groups excluding carboxylic acids is 1. The molecule has 0 bridgehead atoms. The van der Waals surface area contributed by atoms with Crippen LogP contribution in [0.3, 0.4) is 0 Å². The minimum atomic E-state index is -0.702. The highest BCUT2D eigenvalue weighted by Gasteiger charge is 2.35. The third-order valence-corrected chi connectivity index (χ3v) is 4.74. The van der Waals surface area contributed by atoms with Gasteiger partial charge in [0.2, 0.25) is 11.8 Å². The van der Waals surface area contributed by atoms with E-state index in [-0.39, 0.29) is 35.1 Å². The molecule has 0 saturated carbocycles. The maximum Gasteiger partial charge on any atom is 0.333 e. The van der Waals surface area contributed by atoms with Crippen molar-refractivity contribution in [2.75, 3.05) is 7.11 Å². The fraction of sp³-hybridized carbons (Fsp3) is 0.333. The Hall–Kier alpha value is -3.56. The molecule has 3 rings (SSSR count). The van der Waals surface area contributed by atoms with Gasteiger partial charge in [0.05, 0.1) is 18.9 Å². The number of benzene rings is 1. The molecule has 0 spiro atoms. The first-order valence-corrected chi connectivity index (χ1v) is 8.40. The topological polar surface area (TPSA) is 126 Å². The SMILES string of the molecule is COc1cc(C2CC(c3c(O)n(C)c(=O)n(C)c3=O)=NN2C(C)=O)ccc1O. The van der Waals surface area contributed by atoms with E-state index in [4.69, 9.17) is 4.74 Å². The molecule has 2 heterocycles. The van der Waals surface area contributed by atoms with Gasteiger partial charge in [-0.15, -0.1) is 0 Å². The summed E-state index contributed by atoms with van der Waals surface area (Å²) < 4.78 is 6.92. The van der Waals surface area contributed by atoms with Crippen molar-refractivity contribution in [3.63, 3.8) is 0 Å². The van der Waals surface area contributed by atoms with Crippen molar-refractivity contribution in [3.8, 4) is 17.4 Å². The molecular formula is C18H20N4O6. The zero-order valence-corrected chi connectivity index (χ0v) is 15.8. The zero-order valence-electron chi connectivity index (χ0n) is 15.8. The fourth-order valence-electron chi connectivity index (χ4n) is 3.20. The molecule has 0 aliphatic carbocycles. The van der Waals surface area contributed by atoms with Gasteiger partial charge in [-0.1, -0.05) is 6.07 Å². The number of rotatable bonds is 3. The van der Waals surface area contributed by atoms with Crippen molar-refractivity contribution >= 4 is 11.6 Å². The second-order valence-electron chi connectivity index (χ2n) is 6.47. The summed E-state index contributed by atoms with van der Waals surface area (Å²) in [6.07, 6.45) is 0.133. The van der Waals surface area contributed by atoms with Crippen LogP contribution in [0.1, 0.15) is 30.5 Å². The molecule has 0 fully saturated rings. The Labute approximate surface area is 159 Å². The van der Waals surface area contributed by atoms with Crippen molar-refractivity contribution < 1.29 is 19.7 Å². The van der Waals surface area contributed by atoms with Crippen LogP contribution >= 0.6 is 0 Å². The molecule has 1 aromatic heterocycles. The standard InChI is InChI=1S/C18H20N4O6/c1-9(23)22-12(10-5-6-13(24)14(7-10)28-4)8-11(19-22)15-16(25)20(2)18(27)21(3)17(15)26/h5-7,12,24-25H,8H2,1-4H3. The number of phenols is 1. The minimum absolute atomic E-state index is 0.0515. The van der Waals surface area contributed by atoms with Gasteiger partial charge in [-0.2, -0.15) is 5.10 Å². The van der Waals surface area contributed by atoms with Crippen molar-refractivity contribution in [1.82, 2.24) is 14.1 Å². The van der Waals surface area contributed by atoms with Crippen LogP contribution in [-0.2, 0) is 18.9 Å². The minimum Gasteiger partial charge on any atom is -0.504 e. The van der Waals surface area contributed by atoms with Gasteiger partial charge >= 0.3 is 5.69 Å². The quantitative estimate of drug-likeness (QED) is 0.774. The van der Waals surface area contributed by atoms with Crippen LogP contribution in [0.4, 0.5) is 0 Å². The summed E-state index contributed by atoms with van der Waals surface area (Å²) in [6, 6.07) is 4.07. The second-order valence-corrected chi connectivity index (χ2v) is 6.47. The van der Waals surface area contributed by atoms with Crippen molar-refractivity contribution in [2.24, 2.45) is 19.2 Å². The Morgan fingerprint density at radius 1 is 1.21 bits per heavy atom. The second kappa shape index (κ2) is 6.87. The fourth-order valence-corrected chi connectivity index (χ4v) is 3.20. The van der Waals surface area contributed by atoms with Crippen LogP contribution in [0, 0.1) is 0 Å². The maximum atomic E-state index is 12.6. The lowest BCUT2D eigenvalue weighted by Crippen LogP contribution is -2.39. The van der Waals surface area contributed by atoms with E-state index < -0.39 is 23.2 Å². The number of aromatic nitrogens is 2. The van der Waals surface area contributed by atoms with E-state index in [0.717, 1.165) is 9.13 Å². The lowest BCUT2D eigenvalue weighted by atomic mass is 9.98. The van der Waals surface area contributed by atoms with Gasteiger partial charge in [0.15, 0.2) is 11.5 Å². The van der Waals surface area contributed by atoms with Gasteiger partial charge in [-0.3, -0.25) is 18.7 Å². The van der Waals surface area contributed by atoms with Crippen LogP contribution in [-0.4, -0.2) is 43.1 Å². The van der Waals surface area contributed by atoms with E-state index in [2.05, 4.69) is 5.10 Å². The van der Waals surface area contributed by atoms with Crippen LogP contribution in [0.25, 0.3) is 0 Å². The average Bonchev–Trinajstić information content (AvgIpc) is 3.10. The van der Waals surface area contributed by atoms with E-state index in [1.54, 1.807) is 12.1 Å². The molecule has 2 N–H and O–H groups in total. The molecule has 28 heavy (non-hydrogen) atoms. The van der Waals surface area contributed by atoms with E-state index in [9.17, 15) is 24.6 Å². The molecule has 1 aliphatic heterocycles. The van der Waals surface area contributed by atoms with Crippen molar-refractivity contribution in [3.05, 3.63) is 50.2 Å². The molecule has 148 valence electrons. The zero-order chi connectivity index (χ0) is 20.7. The molecule has 1 aromatic carbocycles. The van der Waals surface area contributed by atoms with Gasteiger partial charge in [0, 0.05) is 27.4 Å². The highest BCUT2D eigenvalue weighted by molar-refractivity contribution is 6.04. The molecule has 1 aliphatic rings. The average molecular weight is 388 g/mol. The smallest absolute Gasteiger partial charge is 0.333 e. The summed E-state index contributed by atoms with van der Waals surface area (Å²) >= 11 is 0. The number of ether oxygens (including phenoxy) is 1. The Morgan fingerprint density at radius 2 is 1.89 bits per heavy atom. The maximum absolute atomic E-state index is 12.6. The van der Waals surface area contributed by atoms with E-state index in [1.807, 2.05) is 0 Å². The largest absolute Gasteiger partial charge is 0.504 e. The number of hydrogen-bond donors (Lipinski definition) is 2. The Kier molecular flexibility index (Phi) is 4.72. The van der Waals surface area contributed by atoms with Gasteiger partial charge in [-0.25, -0.2) is 9.80 Å². The van der Waals surface area contributed by atoms with Crippen molar-refractivity contribution in [2.45, 2.75) is 19.4 Å². The summed E-state index contributed by atoms with van der Waals surface area (Å²) in [4.78, 5) is 36.7. The van der Waals surface area contributed by atoms with E-state index >= 15 is 0 Å². The van der Waals surface area contributed by atoms with Gasteiger partial charge in [0.1, 0.15) is 5.56 Å². The van der Waals surface area contributed by atoms with E-state index in [0.29, 0.717) is 5.56 Å². The van der Waals surface area contributed by atoms with Crippen LogP contribution in [0.5, 0.6) is 17.4 Å². The molecule has 0 radical (unpaired) electrons. The molecule has 1 amide bonds. The number of phenolic OH excluding ortho intramolecular Hbond substituents is 1. The summed E-state index contributed by atoms with van der Waals surface area (Å²) in [5.74, 6) is -0.702. The monoisotopic (exact) mass is 388 g/mol. The number of aromatic hydroxyl groups is 2. The number of hydrogen-bond acceptors (Lipinski definition) is 7. The Balaban J connectivity index is 2.13. The highest BCUT2D eigenvalue weighted by Crippen LogP contribution is 2.37. The third kappa shape index (κ3) is 2.92. The van der Waals surface area contributed by atoms with Crippen LogP contribution < -0.4 is 16.0 Å². The third-order valence-electron chi connectivity index (χ3n) is 4.74. The molecule has 1 atom stereocenters. The predicted octanol–water partition coefficient (Wildman–Crippen LogP) is 0.201. The summed E-state index contributed by atoms with van der Waals surface area (Å²) in [5.41, 5.74) is -0.699. The lowest BCUT2D eigenvalue weighted by Gasteiger charge is -2.21. The molecule has 10 nitrogen and oxygen atoms in total. The Bertz CT molecular complexity index is 1110. The number of methoxy groups -OCH3 is 1. The number of hydrazone groups is 1. The van der Waals surface area contributed by atoms with Gasteiger partial charge in [0.25, 0.3) is 5.56 Å². The lowest BCUT2D eigenvalue weighted by molar-refractivity contribution is -0.130. The molecule has 0 saturated heterocycles. The predicted molar refractivity (Wildman–Crippen MR) is 99.7 cm³/mol. The normalized spacial score (nSPS) is 16.2. The molecule has 2 aromatic rings. The van der Waals surface area contributed by atoms with Crippen LogP contribution in [0.2, 0.25) is 0 Å². The van der Waals surface area contributed by atoms with Crippen molar-refractivity contribution in [1.29, 1.82) is 0 Å². The molecule has 10 heteroatoms. The first-order chi connectivity index (χ1) is 13.2. The van der Waals surface area contributed by atoms with Gasteiger partial charge < -0.3 is 14.9 Å². The van der Waals surface area contributed by atoms with E-state index in [1.165, 1.54) is 39.2 Å². The number of carbonyl (C=O) groups is 1. The highest BCUT2D eigenvalue weighted by atomic mass is 16.5. The van der Waals surface area contributed by atoms with Crippen LogP contribution in [0.15, 0.2) is 32.9 Å². The molecule has 1 unspecified atom stereocenters. The Morgan fingerprint density at radius 3 is 2.50 bits per heavy atom. The van der Waals surface area contributed by atoms with Gasteiger partial charge in [-0.05, 0) is 17.7 Å². The summed E-state index contributed by atoms with van der Waals surface area (Å²) in [6.45, 7) is 1.33. The first-order valence-electron chi connectivity index (χ1n) is 8.40.